The molecule has 6 heteroatoms. The number of likely N-dealkylation sites (N-methyl/N-ethyl adjacent to an activating group) is 1. The van der Waals surface area contributed by atoms with Crippen molar-refractivity contribution in [3.63, 3.8) is 0 Å². The van der Waals surface area contributed by atoms with Gasteiger partial charge in [0.2, 0.25) is 0 Å². The van der Waals surface area contributed by atoms with Crippen molar-refractivity contribution >= 4 is 22.3 Å². The third-order valence-electron chi connectivity index (χ3n) is 7.01. The fourth-order valence-electron chi connectivity index (χ4n) is 4.86. The van der Waals surface area contributed by atoms with Crippen LogP contribution in [0.4, 0.5) is 11.4 Å². The molecule has 0 aliphatic carbocycles. The smallest absolute Gasteiger partial charge is 0.145 e. The van der Waals surface area contributed by atoms with Crippen molar-refractivity contribution < 1.29 is 4.74 Å². The van der Waals surface area contributed by atoms with Gasteiger partial charge in [-0.3, -0.25) is 14.9 Å². The van der Waals surface area contributed by atoms with Gasteiger partial charge >= 0.3 is 0 Å². The van der Waals surface area contributed by atoms with Gasteiger partial charge in [0.05, 0.1) is 11.7 Å². The lowest BCUT2D eigenvalue weighted by molar-refractivity contribution is 0.148. The Morgan fingerprint density at radius 2 is 1.63 bits per heavy atom. The van der Waals surface area contributed by atoms with Crippen LogP contribution in [0.25, 0.3) is 22.0 Å². The SMILES string of the molecule is CN1CCN(Cc2cccc(-c3ccc4c(Nc5ccc(Oc6cccnc6)cc5)ccnc4c3)c2)CC1. The van der Waals surface area contributed by atoms with E-state index in [1.165, 1.54) is 16.7 Å². The fraction of sp³-hybridized carbons (Fsp3) is 0.188. The van der Waals surface area contributed by atoms with Crippen molar-refractivity contribution in [1.29, 1.82) is 0 Å². The highest BCUT2D eigenvalue weighted by Crippen LogP contribution is 2.31. The molecule has 3 heterocycles. The van der Waals surface area contributed by atoms with Crippen LogP contribution in [0, 0.1) is 0 Å². The van der Waals surface area contributed by atoms with E-state index < -0.39 is 0 Å². The van der Waals surface area contributed by atoms with Gasteiger partial charge in [-0.1, -0.05) is 30.3 Å². The number of rotatable bonds is 7. The number of hydrogen-bond donors (Lipinski definition) is 1. The van der Waals surface area contributed by atoms with Crippen molar-refractivity contribution in [2.24, 2.45) is 0 Å². The monoisotopic (exact) mass is 501 g/mol. The lowest BCUT2D eigenvalue weighted by atomic mass is 10.0. The molecule has 1 fully saturated rings. The summed E-state index contributed by atoms with van der Waals surface area (Å²) < 4.78 is 5.86. The van der Waals surface area contributed by atoms with Crippen molar-refractivity contribution in [2.75, 3.05) is 38.5 Å². The number of fused-ring (bicyclic) bond motifs is 1. The number of nitrogens with one attached hydrogen (secondary N) is 1. The Kier molecular flexibility index (Phi) is 6.98. The number of ether oxygens (including phenoxy) is 1. The van der Waals surface area contributed by atoms with Crippen LogP contribution in [0.1, 0.15) is 5.56 Å². The van der Waals surface area contributed by atoms with Crippen molar-refractivity contribution in [3.8, 4) is 22.6 Å². The number of benzene rings is 3. The second-order valence-corrected chi connectivity index (χ2v) is 9.81. The molecule has 0 amide bonds. The van der Waals surface area contributed by atoms with Gasteiger partial charge in [0.1, 0.15) is 11.5 Å². The molecular formula is C32H31N5O. The van der Waals surface area contributed by atoms with Crippen LogP contribution in [-0.2, 0) is 6.54 Å². The predicted octanol–water partition coefficient (Wildman–Crippen LogP) is 6.58. The molecule has 6 rings (SSSR count). The number of hydrogen-bond acceptors (Lipinski definition) is 6. The van der Waals surface area contributed by atoms with Crippen LogP contribution in [0.3, 0.4) is 0 Å². The molecule has 38 heavy (non-hydrogen) atoms. The highest BCUT2D eigenvalue weighted by Gasteiger charge is 2.14. The summed E-state index contributed by atoms with van der Waals surface area (Å²) in [5, 5.41) is 4.62. The first-order chi connectivity index (χ1) is 18.7. The van der Waals surface area contributed by atoms with Crippen LogP contribution in [0.15, 0.2) is 104 Å². The number of piperazine rings is 1. The first-order valence-corrected chi connectivity index (χ1v) is 13.0. The molecule has 2 aromatic heterocycles. The lowest BCUT2D eigenvalue weighted by Crippen LogP contribution is -2.43. The molecule has 0 atom stereocenters. The average molecular weight is 502 g/mol. The molecule has 0 unspecified atom stereocenters. The van der Waals surface area contributed by atoms with E-state index in [2.05, 4.69) is 74.6 Å². The number of anilines is 2. The molecule has 190 valence electrons. The average Bonchev–Trinajstić information content (AvgIpc) is 2.96. The molecule has 0 radical (unpaired) electrons. The standard InChI is InChI=1S/C32H31N5O/c1-36-16-18-37(19-17-36)23-24-4-2-5-25(20-24)26-7-12-30-31(13-15-34-32(30)21-26)35-27-8-10-28(11-9-27)38-29-6-3-14-33-22-29/h2-15,20-22H,16-19,23H2,1H3,(H,34,35). The second kappa shape index (κ2) is 11.0. The minimum Gasteiger partial charge on any atom is -0.456 e. The number of pyridine rings is 2. The van der Waals surface area contributed by atoms with Gasteiger partial charge < -0.3 is 15.0 Å². The molecule has 1 saturated heterocycles. The zero-order valence-corrected chi connectivity index (χ0v) is 21.5. The van der Waals surface area contributed by atoms with Gasteiger partial charge in [0.25, 0.3) is 0 Å². The normalized spacial score (nSPS) is 14.4. The summed E-state index contributed by atoms with van der Waals surface area (Å²) in [5.74, 6) is 1.48. The fourth-order valence-corrected chi connectivity index (χ4v) is 4.86. The molecule has 6 nitrogen and oxygen atoms in total. The van der Waals surface area contributed by atoms with Crippen LogP contribution >= 0.6 is 0 Å². The second-order valence-electron chi connectivity index (χ2n) is 9.81. The van der Waals surface area contributed by atoms with Crippen molar-refractivity contribution in [2.45, 2.75) is 6.54 Å². The molecule has 0 spiro atoms. The van der Waals surface area contributed by atoms with E-state index >= 15 is 0 Å². The zero-order chi connectivity index (χ0) is 25.7. The van der Waals surface area contributed by atoms with Crippen molar-refractivity contribution in [3.05, 3.63) is 109 Å². The molecule has 3 aromatic carbocycles. The van der Waals surface area contributed by atoms with E-state index in [-0.39, 0.29) is 0 Å². The Bertz CT molecular complexity index is 1510. The summed E-state index contributed by atoms with van der Waals surface area (Å²) in [4.78, 5) is 13.7. The molecule has 0 bridgehead atoms. The van der Waals surface area contributed by atoms with Crippen LogP contribution < -0.4 is 10.1 Å². The van der Waals surface area contributed by atoms with Gasteiger partial charge in [-0.05, 0) is 78.3 Å². The van der Waals surface area contributed by atoms with Gasteiger partial charge in [-0.15, -0.1) is 0 Å². The van der Waals surface area contributed by atoms with Gasteiger partial charge in [-0.2, -0.15) is 0 Å². The van der Waals surface area contributed by atoms with Crippen molar-refractivity contribution in [1.82, 2.24) is 19.8 Å². The summed E-state index contributed by atoms with van der Waals surface area (Å²) >= 11 is 0. The maximum Gasteiger partial charge on any atom is 0.145 e. The minimum absolute atomic E-state index is 0.717. The zero-order valence-electron chi connectivity index (χ0n) is 21.5. The quantitative estimate of drug-likeness (QED) is 0.272. The first kappa shape index (κ1) is 24.1. The Labute approximate surface area is 223 Å². The predicted molar refractivity (Wildman–Crippen MR) is 154 cm³/mol. The Morgan fingerprint density at radius 3 is 2.45 bits per heavy atom. The Hall–Kier alpha value is -4.26. The lowest BCUT2D eigenvalue weighted by Gasteiger charge is -2.32. The third kappa shape index (κ3) is 5.67. The maximum absolute atomic E-state index is 5.86. The van der Waals surface area contributed by atoms with Crippen LogP contribution in [0.5, 0.6) is 11.5 Å². The van der Waals surface area contributed by atoms with E-state index in [1.54, 1.807) is 12.4 Å². The Balaban J connectivity index is 1.18. The van der Waals surface area contributed by atoms with Gasteiger partial charge in [0.15, 0.2) is 0 Å². The molecule has 1 aliphatic heterocycles. The Morgan fingerprint density at radius 1 is 0.789 bits per heavy atom. The van der Waals surface area contributed by atoms with E-state index in [4.69, 9.17) is 4.74 Å². The molecule has 1 aliphatic rings. The van der Waals surface area contributed by atoms with Crippen LogP contribution in [-0.4, -0.2) is 53.0 Å². The summed E-state index contributed by atoms with van der Waals surface area (Å²) in [6.45, 7) is 5.51. The van der Waals surface area contributed by atoms with E-state index in [0.717, 1.165) is 60.8 Å². The van der Waals surface area contributed by atoms with E-state index in [1.807, 2.05) is 48.7 Å². The summed E-state index contributed by atoms with van der Waals surface area (Å²) in [6.07, 6.45) is 5.29. The highest BCUT2D eigenvalue weighted by molar-refractivity contribution is 5.95. The van der Waals surface area contributed by atoms with Gasteiger partial charge in [0, 0.05) is 61.9 Å². The summed E-state index contributed by atoms with van der Waals surface area (Å²) in [5.41, 5.74) is 6.73. The molecular weight excluding hydrogens is 470 g/mol. The first-order valence-electron chi connectivity index (χ1n) is 13.0. The topological polar surface area (TPSA) is 53.5 Å². The van der Waals surface area contributed by atoms with E-state index in [9.17, 15) is 0 Å². The molecule has 5 aromatic rings. The van der Waals surface area contributed by atoms with Gasteiger partial charge in [-0.25, -0.2) is 0 Å². The summed E-state index contributed by atoms with van der Waals surface area (Å²) in [6, 6.07) is 29.1. The molecule has 0 saturated carbocycles. The minimum atomic E-state index is 0.717. The number of aromatic nitrogens is 2. The molecule has 1 N–H and O–H groups in total. The van der Waals surface area contributed by atoms with E-state index in [0.29, 0.717) is 5.75 Å². The number of nitrogens with zero attached hydrogens (tertiary/aromatic N) is 4. The van der Waals surface area contributed by atoms with Crippen LogP contribution in [0.2, 0.25) is 0 Å². The highest BCUT2D eigenvalue weighted by atomic mass is 16.5. The summed E-state index contributed by atoms with van der Waals surface area (Å²) in [7, 11) is 2.20. The largest absolute Gasteiger partial charge is 0.456 e. The maximum atomic E-state index is 5.86. The third-order valence-corrected chi connectivity index (χ3v) is 7.01.